The van der Waals surface area contributed by atoms with Gasteiger partial charge in [-0.25, -0.2) is 4.68 Å². The number of hydrogen-bond donors (Lipinski definition) is 1. The van der Waals surface area contributed by atoms with E-state index in [0.29, 0.717) is 0 Å². The standard InChI is InChI=1S/C12H12N4/c1-2-5-11(16-9-3-6-15-16)10(4-1)12-13-7-8-14-12/h1-6,9H,7-8H2,(H,13,14). The van der Waals surface area contributed by atoms with E-state index in [2.05, 4.69) is 21.5 Å². The summed E-state index contributed by atoms with van der Waals surface area (Å²) in [6.07, 6.45) is 3.72. The Morgan fingerprint density at radius 1 is 1.19 bits per heavy atom. The van der Waals surface area contributed by atoms with Gasteiger partial charge >= 0.3 is 0 Å². The van der Waals surface area contributed by atoms with Gasteiger partial charge in [-0.2, -0.15) is 5.10 Å². The molecule has 3 rings (SSSR count). The van der Waals surface area contributed by atoms with Crippen LogP contribution in [0.3, 0.4) is 0 Å². The van der Waals surface area contributed by atoms with E-state index < -0.39 is 0 Å². The van der Waals surface area contributed by atoms with E-state index in [1.807, 2.05) is 35.1 Å². The van der Waals surface area contributed by atoms with Crippen LogP contribution in [0.15, 0.2) is 47.7 Å². The summed E-state index contributed by atoms with van der Waals surface area (Å²) in [6.45, 7) is 1.77. The Morgan fingerprint density at radius 3 is 2.88 bits per heavy atom. The second-order valence-electron chi connectivity index (χ2n) is 3.62. The number of benzene rings is 1. The molecule has 1 N–H and O–H groups in total. The third-order valence-electron chi connectivity index (χ3n) is 2.58. The summed E-state index contributed by atoms with van der Waals surface area (Å²) in [4.78, 5) is 4.44. The molecule has 0 spiro atoms. The largest absolute Gasteiger partial charge is 0.368 e. The van der Waals surface area contributed by atoms with Gasteiger partial charge in [0.05, 0.1) is 12.2 Å². The highest BCUT2D eigenvalue weighted by Crippen LogP contribution is 2.14. The normalized spacial score (nSPS) is 14.6. The first-order valence-electron chi connectivity index (χ1n) is 5.33. The maximum absolute atomic E-state index is 4.44. The van der Waals surface area contributed by atoms with Crippen molar-refractivity contribution in [2.75, 3.05) is 13.1 Å². The first-order valence-corrected chi connectivity index (χ1v) is 5.33. The fraction of sp³-hybridized carbons (Fsp3) is 0.167. The fourth-order valence-corrected chi connectivity index (χ4v) is 1.86. The number of aromatic nitrogens is 2. The predicted molar refractivity (Wildman–Crippen MR) is 63.0 cm³/mol. The topological polar surface area (TPSA) is 42.2 Å². The van der Waals surface area contributed by atoms with Crippen molar-refractivity contribution < 1.29 is 0 Å². The number of hydrogen-bond acceptors (Lipinski definition) is 3. The second kappa shape index (κ2) is 3.81. The average Bonchev–Trinajstić information content (AvgIpc) is 3.03. The van der Waals surface area contributed by atoms with E-state index in [9.17, 15) is 0 Å². The van der Waals surface area contributed by atoms with Crippen LogP contribution in [0.4, 0.5) is 0 Å². The number of amidine groups is 1. The lowest BCUT2D eigenvalue weighted by Crippen LogP contribution is -2.21. The molecule has 2 aromatic rings. The first-order chi connectivity index (χ1) is 7.95. The molecule has 80 valence electrons. The molecule has 0 aliphatic carbocycles. The fourth-order valence-electron chi connectivity index (χ4n) is 1.86. The molecule has 0 saturated heterocycles. The smallest absolute Gasteiger partial charge is 0.130 e. The zero-order valence-corrected chi connectivity index (χ0v) is 8.80. The summed E-state index contributed by atoms with van der Waals surface area (Å²) >= 11 is 0. The molecule has 0 fully saturated rings. The van der Waals surface area contributed by atoms with Crippen LogP contribution >= 0.6 is 0 Å². The summed E-state index contributed by atoms with van der Waals surface area (Å²) in [7, 11) is 0. The molecule has 1 aliphatic heterocycles. The highest BCUT2D eigenvalue weighted by Gasteiger charge is 2.12. The molecule has 0 atom stereocenters. The Kier molecular flexibility index (Phi) is 2.18. The Labute approximate surface area is 93.6 Å². The zero-order valence-electron chi connectivity index (χ0n) is 8.80. The van der Waals surface area contributed by atoms with Gasteiger partial charge in [0.1, 0.15) is 5.84 Å². The van der Waals surface area contributed by atoms with Crippen LogP contribution in [0.1, 0.15) is 5.56 Å². The van der Waals surface area contributed by atoms with Crippen molar-refractivity contribution in [3.63, 3.8) is 0 Å². The van der Waals surface area contributed by atoms with Crippen LogP contribution in [0, 0.1) is 0 Å². The van der Waals surface area contributed by atoms with Crippen molar-refractivity contribution in [3.8, 4) is 5.69 Å². The zero-order chi connectivity index (χ0) is 10.8. The second-order valence-corrected chi connectivity index (χ2v) is 3.62. The maximum atomic E-state index is 4.44. The number of nitrogens with one attached hydrogen (secondary N) is 1. The number of rotatable bonds is 2. The minimum atomic E-state index is 0.850. The van der Waals surface area contributed by atoms with Gasteiger partial charge in [-0.15, -0.1) is 0 Å². The van der Waals surface area contributed by atoms with Crippen LogP contribution in [0.2, 0.25) is 0 Å². The Balaban J connectivity index is 2.11. The van der Waals surface area contributed by atoms with E-state index in [1.54, 1.807) is 6.20 Å². The monoisotopic (exact) mass is 212 g/mol. The van der Waals surface area contributed by atoms with E-state index in [0.717, 1.165) is 30.2 Å². The van der Waals surface area contributed by atoms with Gasteiger partial charge in [0.15, 0.2) is 0 Å². The van der Waals surface area contributed by atoms with E-state index in [-0.39, 0.29) is 0 Å². The highest BCUT2D eigenvalue weighted by molar-refractivity contribution is 6.02. The van der Waals surface area contributed by atoms with Crippen LogP contribution in [0.25, 0.3) is 5.69 Å². The quantitative estimate of drug-likeness (QED) is 0.813. The molecular weight excluding hydrogens is 200 g/mol. The SMILES string of the molecule is c1ccc(-n2cccn2)c(C2=NCCN2)c1. The Hall–Kier alpha value is -2.10. The van der Waals surface area contributed by atoms with Gasteiger partial charge in [-0.3, -0.25) is 4.99 Å². The molecular formula is C12H12N4. The summed E-state index contributed by atoms with van der Waals surface area (Å²) in [5, 5.41) is 7.54. The van der Waals surface area contributed by atoms with Gasteiger partial charge in [-0.05, 0) is 18.2 Å². The molecule has 1 aromatic heterocycles. The Morgan fingerprint density at radius 2 is 2.12 bits per heavy atom. The van der Waals surface area contributed by atoms with E-state index >= 15 is 0 Å². The molecule has 4 nitrogen and oxygen atoms in total. The molecule has 2 heterocycles. The minimum Gasteiger partial charge on any atom is -0.368 e. The summed E-state index contributed by atoms with van der Waals surface area (Å²) in [5.74, 6) is 0.964. The Bertz CT molecular complexity index is 514. The molecule has 0 radical (unpaired) electrons. The molecule has 4 heteroatoms. The third-order valence-corrected chi connectivity index (χ3v) is 2.58. The van der Waals surface area contributed by atoms with Gasteiger partial charge in [0, 0.05) is 24.5 Å². The lowest BCUT2D eigenvalue weighted by molar-refractivity contribution is 0.876. The van der Waals surface area contributed by atoms with Crippen molar-refractivity contribution in [1.82, 2.24) is 15.1 Å². The number of aliphatic imine (C=N–C) groups is 1. The summed E-state index contributed by atoms with van der Waals surface area (Å²) < 4.78 is 1.86. The average molecular weight is 212 g/mol. The molecule has 0 unspecified atom stereocenters. The summed E-state index contributed by atoms with van der Waals surface area (Å²) in [5.41, 5.74) is 2.16. The van der Waals surface area contributed by atoms with Crippen molar-refractivity contribution in [2.24, 2.45) is 4.99 Å². The van der Waals surface area contributed by atoms with Crippen LogP contribution < -0.4 is 5.32 Å². The molecule has 0 amide bonds. The molecule has 0 saturated carbocycles. The number of nitrogens with zero attached hydrogens (tertiary/aromatic N) is 3. The van der Waals surface area contributed by atoms with Crippen molar-refractivity contribution >= 4 is 5.84 Å². The van der Waals surface area contributed by atoms with E-state index in [1.165, 1.54) is 0 Å². The van der Waals surface area contributed by atoms with Crippen molar-refractivity contribution in [2.45, 2.75) is 0 Å². The molecule has 1 aromatic carbocycles. The van der Waals surface area contributed by atoms with Gasteiger partial charge in [-0.1, -0.05) is 12.1 Å². The van der Waals surface area contributed by atoms with Gasteiger partial charge in [0.25, 0.3) is 0 Å². The molecule has 16 heavy (non-hydrogen) atoms. The molecule has 0 bridgehead atoms. The van der Waals surface area contributed by atoms with Crippen LogP contribution in [0.5, 0.6) is 0 Å². The van der Waals surface area contributed by atoms with Gasteiger partial charge in [0.2, 0.25) is 0 Å². The van der Waals surface area contributed by atoms with Crippen LogP contribution in [-0.4, -0.2) is 28.7 Å². The minimum absolute atomic E-state index is 0.850. The van der Waals surface area contributed by atoms with Crippen molar-refractivity contribution in [3.05, 3.63) is 48.3 Å². The van der Waals surface area contributed by atoms with Crippen molar-refractivity contribution in [1.29, 1.82) is 0 Å². The maximum Gasteiger partial charge on any atom is 0.130 e. The summed E-state index contributed by atoms with van der Waals surface area (Å²) in [6, 6.07) is 10.1. The van der Waals surface area contributed by atoms with E-state index in [4.69, 9.17) is 0 Å². The lowest BCUT2D eigenvalue weighted by atomic mass is 10.1. The lowest BCUT2D eigenvalue weighted by Gasteiger charge is -2.09. The third kappa shape index (κ3) is 1.48. The number of para-hydroxylation sites is 1. The highest BCUT2D eigenvalue weighted by atomic mass is 15.3. The van der Waals surface area contributed by atoms with Gasteiger partial charge < -0.3 is 5.32 Å². The predicted octanol–water partition coefficient (Wildman–Crippen LogP) is 1.22. The first kappa shape index (κ1) is 9.15. The van der Waals surface area contributed by atoms with Crippen LogP contribution in [-0.2, 0) is 0 Å². The molecule has 1 aliphatic rings.